The minimum Gasteiger partial charge on any atom is -0.393 e. The van der Waals surface area contributed by atoms with E-state index in [0.29, 0.717) is 19.1 Å². The number of aliphatic hydroxyl groups is 2. The Morgan fingerprint density at radius 3 is 2.31 bits per heavy atom. The topological polar surface area (TPSA) is 55.7 Å². The molecule has 4 nitrogen and oxygen atoms in total. The first kappa shape index (κ1) is 13.9. The molecule has 0 radical (unpaired) electrons. The van der Waals surface area contributed by atoms with Crippen LogP contribution < -0.4 is 5.32 Å². The number of nitrogens with zero attached hydrogens (tertiary/aromatic N) is 1. The summed E-state index contributed by atoms with van der Waals surface area (Å²) < 4.78 is 0. The van der Waals surface area contributed by atoms with E-state index in [4.69, 9.17) is 0 Å². The van der Waals surface area contributed by atoms with E-state index in [2.05, 4.69) is 5.32 Å². The standard InChI is InChI=1S/C12H26N2O2/c1-12(16,9-14(2)3)8-13-10-4-6-11(15)7-5-10/h10-11,13,15-16H,4-9H2,1-3H3. The van der Waals surface area contributed by atoms with Gasteiger partial charge in [0, 0.05) is 19.1 Å². The van der Waals surface area contributed by atoms with Crippen molar-refractivity contribution in [1.82, 2.24) is 10.2 Å². The molecule has 0 spiro atoms. The van der Waals surface area contributed by atoms with Gasteiger partial charge in [0.2, 0.25) is 0 Å². The van der Waals surface area contributed by atoms with Crippen molar-refractivity contribution in [3.63, 3.8) is 0 Å². The van der Waals surface area contributed by atoms with Gasteiger partial charge >= 0.3 is 0 Å². The van der Waals surface area contributed by atoms with Crippen LogP contribution in [0.1, 0.15) is 32.6 Å². The molecule has 0 aliphatic heterocycles. The largest absolute Gasteiger partial charge is 0.393 e. The zero-order chi connectivity index (χ0) is 12.2. The molecule has 3 N–H and O–H groups in total. The van der Waals surface area contributed by atoms with Crippen molar-refractivity contribution in [2.24, 2.45) is 0 Å². The fourth-order valence-corrected chi connectivity index (χ4v) is 2.38. The highest BCUT2D eigenvalue weighted by Gasteiger charge is 2.24. The van der Waals surface area contributed by atoms with Crippen LogP contribution in [-0.2, 0) is 0 Å². The summed E-state index contributed by atoms with van der Waals surface area (Å²) in [6.45, 7) is 3.14. The summed E-state index contributed by atoms with van der Waals surface area (Å²) in [5.41, 5.74) is -0.681. The molecule has 1 fully saturated rings. The Morgan fingerprint density at radius 2 is 1.81 bits per heavy atom. The van der Waals surface area contributed by atoms with Crippen molar-refractivity contribution in [3.05, 3.63) is 0 Å². The van der Waals surface area contributed by atoms with Gasteiger partial charge in [0.05, 0.1) is 11.7 Å². The van der Waals surface area contributed by atoms with E-state index in [0.717, 1.165) is 25.7 Å². The number of hydrogen-bond acceptors (Lipinski definition) is 4. The van der Waals surface area contributed by atoms with E-state index in [1.807, 2.05) is 25.9 Å². The second kappa shape index (κ2) is 5.96. The first-order valence-corrected chi connectivity index (χ1v) is 6.17. The van der Waals surface area contributed by atoms with Gasteiger partial charge in [-0.15, -0.1) is 0 Å². The van der Waals surface area contributed by atoms with Crippen LogP contribution in [0.4, 0.5) is 0 Å². The monoisotopic (exact) mass is 230 g/mol. The number of hydrogen-bond donors (Lipinski definition) is 3. The van der Waals surface area contributed by atoms with Crippen LogP contribution in [0.2, 0.25) is 0 Å². The molecular formula is C12H26N2O2. The van der Waals surface area contributed by atoms with Gasteiger partial charge in [-0.25, -0.2) is 0 Å². The van der Waals surface area contributed by atoms with Gasteiger partial charge in [0.25, 0.3) is 0 Å². The molecule has 1 aliphatic carbocycles. The molecule has 1 atom stereocenters. The van der Waals surface area contributed by atoms with Crippen molar-refractivity contribution in [2.45, 2.75) is 50.4 Å². The summed E-state index contributed by atoms with van der Waals surface area (Å²) in [7, 11) is 3.93. The summed E-state index contributed by atoms with van der Waals surface area (Å²) in [4.78, 5) is 1.99. The van der Waals surface area contributed by atoms with Crippen LogP contribution in [-0.4, -0.2) is 60.0 Å². The van der Waals surface area contributed by atoms with Gasteiger partial charge in [-0.2, -0.15) is 0 Å². The molecule has 0 saturated heterocycles. The average molecular weight is 230 g/mol. The Kier molecular flexibility index (Phi) is 5.18. The van der Waals surface area contributed by atoms with Crippen LogP contribution >= 0.6 is 0 Å². The van der Waals surface area contributed by atoms with Crippen LogP contribution in [0.15, 0.2) is 0 Å². The normalized spacial score (nSPS) is 30.4. The predicted molar refractivity (Wildman–Crippen MR) is 65.4 cm³/mol. The Morgan fingerprint density at radius 1 is 1.25 bits per heavy atom. The second-order valence-electron chi connectivity index (χ2n) is 5.62. The minimum absolute atomic E-state index is 0.111. The minimum atomic E-state index is -0.681. The molecule has 0 bridgehead atoms. The maximum Gasteiger partial charge on any atom is 0.0869 e. The summed E-state index contributed by atoms with van der Waals surface area (Å²) in [6.07, 6.45) is 3.68. The molecular weight excluding hydrogens is 204 g/mol. The first-order chi connectivity index (χ1) is 7.39. The zero-order valence-corrected chi connectivity index (χ0v) is 10.7. The third kappa shape index (κ3) is 5.25. The van der Waals surface area contributed by atoms with Gasteiger partial charge in [-0.3, -0.25) is 0 Å². The molecule has 0 amide bonds. The summed E-state index contributed by atoms with van der Waals surface area (Å²) in [5.74, 6) is 0. The van der Waals surface area contributed by atoms with E-state index in [-0.39, 0.29) is 6.10 Å². The molecule has 96 valence electrons. The number of likely N-dealkylation sites (N-methyl/N-ethyl adjacent to an activating group) is 1. The zero-order valence-electron chi connectivity index (χ0n) is 10.7. The smallest absolute Gasteiger partial charge is 0.0869 e. The summed E-state index contributed by atoms with van der Waals surface area (Å²) >= 11 is 0. The maximum absolute atomic E-state index is 10.1. The van der Waals surface area contributed by atoms with Crippen molar-refractivity contribution < 1.29 is 10.2 Å². The maximum atomic E-state index is 10.1. The van der Waals surface area contributed by atoms with Gasteiger partial charge in [-0.05, 0) is 46.7 Å². The number of aliphatic hydroxyl groups excluding tert-OH is 1. The van der Waals surface area contributed by atoms with Crippen molar-refractivity contribution >= 4 is 0 Å². The van der Waals surface area contributed by atoms with Crippen LogP contribution in [0, 0.1) is 0 Å². The SMILES string of the molecule is CN(C)CC(C)(O)CNC1CCC(O)CC1. The molecule has 0 heterocycles. The van der Waals surface area contributed by atoms with Crippen molar-refractivity contribution in [2.75, 3.05) is 27.2 Å². The summed E-state index contributed by atoms with van der Waals surface area (Å²) in [5, 5.41) is 22.9. The number of nitrogens with one attached hydrogen (secondary N) is 1. The van der Waals surface area contributed by atoms with Crippen molar-refractivity contribution in [3.8, 4) is 0 Å². The molecule has 16 heavy (non-hydrogen) atoms. The lowest BCUT2D eigenvalue weighted by Crippen LogP contribution is -2.49. The van der Waals surface area contributed by atoms with Gasteiger partial charge in [0.15, 0.2) is 0 Å². The lowest BCUT2D eigenvalue weighted by Gasteiger charge is -2.32. The average Bonchev–Trinajstić information content (AvgIpc) is 2.15. The molecule has 1 unspecified atom stereocenters. The Labute approximate surface area is 98.6 Å². The van der Waals surface area contributed by atoms with E-state index >= 15 is 0 Å². The fourth-order valence-electron chi connectivity index (χ4n) is 2.38. The summed E-state index contributed by atoms with van der Waals surface area (Å²) in [6, 6.07) is 0.456. The van der Waals surface area contributed by atoms with E-state index in [1.54, 1.807) is 0 Å². The predicted octanol–water partition coefficient (Wildman–Crippen LogP) is 0.192. The van der Waals surface area contributed by atoms with Gasteiger partial charge in [-0.1, -0.05) is 0 Å². The third-order valence-corrected chi connectivity index (χ3v) is 3.13. The molecule has 0 aromatic rings. The first-order valence-electron chi connectivity index (χ1n) is 6.17. The van der Waals surface area contributed by atoms with Crippen LogP contribution in [0.25, 0.3) is 0 Å². The van der Waals surface area contributed by atoms with Gasteiger partial charge < -0.3 is 20.4 Å². The van der Waals surface area contributed by atoms with E-state index in [1.165, 1.54) is 0 Å². The Bertz CT molecular complexity index is 199. The lowest BCUT2D eigenvalue weighted by atomic mass is 9.92. The van der Waals surface area contributed by atoms with Crippen LogP contribution in [0.5, 0.6) is 0 Å². The molecule has 1 saturated carbocycles. The molecule has 4 heteroatoms. The molecule has 0 aromatic carbocycles. The van der Waals surface area contributed by atoms with E-state index < -0.39 is 5.60 Å². The fraction of sp³-hybridized carbons (Fsp3) is 1.00. The highest BCUT2D eigenvalue weighted by molar-refractivity contribution is 4.83. The quantitative estimate of drug-likeness (QED) is 0.631. The second-order valence-corrected chi connectivity index (χ2v) is 5.62. The Balaban J connectivity index is 2.23. The number of rotatable bonds is 5. The Hall–Kier alpha value is -0.160. The molecule has 0 aromatic heterocycles. The van der Waals surface area contributed by atoms with Crippen molar-refractivity contribution in [1.29, 1.82) is 0 Å². The van der Waals surface area contributed by atoms with Gasteiger partial charge in [0.1, 0.15) is 0 Å². The molecule has 1 aliphatic rings. The lowest BCUT2D eigenvalue weighted by molar-refractivity contribution is 0.0277. The third-order valence-electron chi connectivity index (χ3n) is 3.13. The van der Waals surface area contributed by atoms with Crippen LogP contribution in [0.3, 0.4) is 0 Å². The highest BCUT2D eigenvalue weighted by atomic mass is 16.3. The highest BCUT2D eigenvalue weighted by Crippen LogP contribution is 2.18. The van der Waals surface area contributed by atoms with E-state index in [9.17, 15) is 10.2 Å². The molecule has 1 rings (SSSR count).